The van der Waals surface area contributed by atoms with Crippen LogP contribution in [0, 0.1) is 36.0 Å². The number of cyclic esters (lactones) is 1. The smallest absolute Gasteiger partial charge is 0.425 e. The number of rotatable bonds is 7. The molecule has 49 heavy (non-hydrogen) atoms. The molecule has 13 atom stereocenters. The summed E-state index contributed by atoms with van der Waals surface area (Å²) in [5, 5.41) is 0.867. The van der Waals surface area contributed by atoms with Crippen LogP contribution in [0.2, 0.25) is 0 Å². The zero-order valence-corrected chi connectivity index (χ0v) is 30.7. The van der Waals surface area contributed by atoms with Gasteiger partial charge >= 0.3 is 18.0 Å². The number of carbonyl (C=O) groups is 5. The number of likely N-dealkylation sites (N-methyl/N-ethyl adjacent to an activating group) is 1. The van der Waals surface area contributed by atoms with Gasteiger partial charge in [0.2, 0.25) is 0 Å². The fourth-order valence-electron chi connectivity index (χ4n) is 7.86. The maximum atomic E-state index is 14.3. The van der Waals surface area contributed by atoms with E-state index in [4.69, 9.17) is 40.7 Å². The van der Waals surface area contributed by atoms with Crippen LogP contribution in [0.25, 0.3) is 0 Å². The van der Waals surface area contributed by atoms with Gasteiger partial charge in [-0.3, -0.25) is 19.2 Å². The van der Waals surface area contributed by atoms with Crippen LogP contribution in [-0.2, 0) is 47.6 Å². The van der Waals surface area contributed by atoms with E-state index in [1.807, 2.05) is 25.9 Å². The summed E-state index contributed by atoms with van der Waals surface area (Å²) >= 11 is 0. The van der Waals surface area contributed by atoms with Gasteiger partial charge in [0.15, 0.2) is 23.8 Å². The van der Waals surface area contributed by atoms with Crippen molar-refractivity contribution in [3.05, 3.63) is 0 Å². The molecule has 3 rings (SSSR count). The number of fused-ring (bicyclic) bond motifs is 1. The van der Waals surface area contributed by atoms with Gasteiger partial charge < -0.3 is 33.3 Å². The van der Waals surface area contributed by atoms with Gasteiger partial charge in [-0.25, -0.2) is 15.6 Å². The van der Waals surface area contributed by atoms with Crippen LogP contribution in [0.5, 0.6) is 0 Å². The Labute approximate surface area is 289 Å². The minimum Gasteiger partial charge on any atom is -0.458 e. The monoisotopic (exact) mass is 693 g/mol. The van der Waals surface area contributed by atoms with E-state index in [-0.39, 0.29) is 37.4 Å². The number of ether oxygens (including phenoxy) is 6. The van der Waals surface area contributed by atoms with E-state index < -0.39 is 89.3 Å². The van der Waals surface area contributed by atoms with Crippen LogP contribution in [0.15, 0.2) is 0 Å². The van der Waals surface area contributed by atoms with E-state index in [1.165, 1.54) is 13.8 Å². The Morgan fingerprint density at radius 2 is 1.71 bits per heavy atom. The van der Waals surface area contributed by atoms with Crippen molar-refractivity contribution in [1.29, 1.82) is 0 Å². The van der Waals surface area contributed by atoms with E-state index in [0.717, 1.165) is 5.01 Å². The average molecular weight is 694 g/mol. The van der Waals surface area contributed by atoms with Gasteiger partial charge in [0, 0.05) is 24.7 Å². The minimum atomic E-state index is -1.50. The Bertz CT molecular complexity index is 1300. The first kappa shape index (κ1) is 40.3. The molecule has 0 aromatic heterocycles. The van der Waals surface area contributed by atoms with Crippen molar-refractivity contribution >= 4 is 29.6 Å². The Balaban J connectivity index is 2.20. The highest BCUT2D eigenvalue weighted by Gasteiger charge is 2.60. The molecule has 0 saturated carbocycles. The second-order valence-corrected chi connectivity index (χ2v) is 14.5. The maximum absolute atomic E-state index is 14.3. The van der Waals surface area contributed by atoms with E-state index in [1.54, 1.807) is 41.5 Å². The first-order valence-corrected chi connectivity index (χ1v) is 17.0. The van der Waals surface area contributed by atoms with Crippen molar-refractivity contribution in [2.24, 2.45) is 29.5 Å². The zero-order valence-electron chi connectivity index (χ0n) is 30.7. The highest BCUT2D eigenvalue weighted by molar-refractivity contribution is 6.00. The summed E-state index contributed by atoms with van der Waals surface area (Å²) in [6, 6.07) is -1.30. The van der Waals surface area contributed by atoms with Crippen LogP contribution in [0.4, 0.5) is 4.79 Å². The summed E-state index contributed by atoms with van der Waals surface area (Å²) in [7, 11) is 3.71. The number of amides is 1. The van der Waals surface area contributed by atoms with Crippen LogP contribution in [0.1, 0.15) is 81.6 Å². The molecule has 14 nitrogen and oxygen atoms in total. The van der Waals surface area contributed by atoms with E-state index in [0.29, 0.717) is 6.42 Å². The predicted molar refractivity (Wildman–Crippen MR) is 176 cm³/mol. The Hall–Kier alpha value is -3.09. The molecule has 0 bridgehead atoms. The number of Topliss-reactive ketones (excluding diaryl/α,β-unsaturated/α-hetero) is 2. The number of ketones is 2. The highest BCUT2D eigenvalue weighted by atomic mass is 16.7. The minimum absolute atomic E-state index is 0.0105. The lowest BCUT2D eigenvalue weighted by Gasteiger charge is -2.48. The molecule has 0 spiro atoms. The molecule has 1 amide bonds. The van der Waals surface area contributed by atoms with E-state index >= 15 is 0 Å². The molecular weight excluding hydrogens is 638 g/mol. The number of nitrogens with zero attached hydrogens (tertiary/aromatic N) is 2. The fourth-order valence-corrected chi connectivity index (χ4v) is 7.86. The largest absolute Gasteiger partial charge is 0.458 e. The summed E-state index contributed by atoms with van der Waals surface area (Å²) in [5.41, 5.74) is -2.93. The molecule has 3 heterocycles. The second-order valence-electron chi connectivity index (χ2n) is 14.5. The molecule has 0 radical (unpaired) electrons. The molecule has 3 aliphatic heterocycles. The fraction of sp³-hybridized carbons (Fsp3) is 0.800. The zero-order chi connectivity index (χ0) is 37.2. The summed E-state index contributed by atoms with van der Waals surface area (Å²) in [6.07, 6.45) is 0.962. The molecule has 5 unspecified atom stereocenters. The number of hydrazine groups is 1. The number of esters is 2. The van der Waals surface area contributed by atoms with Crippen LogP contribution in [0.3, 0.4) is 0 Å². The highest BCUT2D eigenvalue weighted by Crippen LogP contribution is 2.42. The second kappa shape index (κ2) is 15.9. The molecule has 3 saturated heterocycles. The lowest BCUT2D eigenvalue weighted by Crippen LogP contribution is -2.61. The lowest BCUT2D eigenvalue weighted by atomic mass is 9.73. The van der Waals surface area contributed by atoms with Crippen molar-refractivity contribution in [1.82, 2.24) is 9.91 Å². The third-order valence-corrected chi connectivity index (χ3v) is 10.4. The normalized spacial score (nSPS) is 41.0. The standard InChI is InChI=1S/C35H55N3O11/c1-13-15-44-34(9)17-18(3)26(40)20(5)29-35(10,49-33(43)38(29)36)25(14-2)47-31(42)22(7)27(41)21(6)30(34)48-32-28(46-23(8)39)24(37(11)12)16-19(4)45-32/h1,18-22,24-25,28-30,32H,14-17,36H2,2-12H3/t18-,19-,20+,21+,22-,24?,25-,28?,29?,30?,32?,34+,35-/m1/s1. The molecule has 14 heteroatoms. The molecular formula is C35H55N3O11. The van der Waals surface area contributed by atoms with Crippen LogP contribution >= 0.6 is 0 Å². The number of nitrogens with two attached hydrogens (primary N) is 1. The molecule has 0 aliphatic carbocycles. The topological polar surface area (TPSA) is 173 Å². The average Bonchev–Trinajstić information content (AvgIpc) is 3.26. The maximum Gasteiger partial charge on any atom is 0.425 e. The van der Waals surface area contributed by atoms with E-state index in [2.05, 4.69) is 5.92 Å². The lowest BCUT2D eigenvalue weighted by molar-refractivity contribution is -0.299. The van der Waals surface area contributed by atoms with Gasteiger partial charge in [0.25, 0.3) is 0 Å². The summed E-state index contributed by atoms with van der Waals surface area (Å²) in [5.74, 6) is 2.50. The van der Waals surface area contributed by atoms with Gasteiger partial charge in [-0.05, 0) is 61.1 Å². The van der Waals surface area contributed by atoms with Crippen molar-refractivity contribution in [2.75, 3.05) is 20.7 Å². The summed E-state index contributed by atoms with van der Waals surface area (Å²) in [6.45, 7) is 14.4. The third kappa shape index (κ3) is 8.28. The third-order valence-electron chi connectivity index (χ3n) is 10.4. The Kier molecular flexibility index (Phi) is 13.0. The van der Waals surface area contributed by atoms with Gasteiger partial charge in [0.05, 0.1) is 23.9 Å². The first-order valence-electron chi connectivity index (χ1n) is 17.0. The van der Waals surface area contributed by atoms with Gasteiger partial charge in [-0.15, -0.1) is 6.42 Å². The number of hydrogen-bond donors (Lipinski definition) is 1. The summed E-state index contributed by atoms with van der Waals surface area (Å²) < 4.78 is 36.6. The van der Waals surface area contributed by atoms with Gasteiger partial charge in [-0.1, -0.05) is 33.6 Å². The van der Waals surface area contributed by atoms with Crippen molar-refractivity contribution in [3.8, 4) is 12.3 Å². The van der Waals surface area contributed by atoms with Crippen molar-refractivity contribution < 1.29 is 52.4 Å². The van der Waals surface area contributed by atoms with Gasteiger partial charge in [0.1, 0.15) is 30.5 Å². The van der Waals surface area contributed by atoms with Crippen LogP contribution < -0.4 is 5.84 Å². The number of hydrogen-bond acceptors (Lipinski definition) is 13. The molecule has 2 N–H and O–H groups in total. The van der Waals surface area contributed by atoms with Crippen LogP contribution in [-0.4, -0.2) is 114 Å². The summed E-state index contributed by atoms with van der Waals surface area (Å²) in [4.78, 5) is 69.2. The van der Waals surface area contributed by atoms with Crippen molar-refractivity contribution in [2.45, 2.75) is 136 Å². The molecule has 0 aromatic rings. The SMILES string of the molecule is C#CCO[C@@]1(C)C[C@@H](C)C(=O)[C@H](C)C2N(N)C(=O)O[C@]2(C)[C@@H](CC)OC(=O)[C@H](C)C(=O)[C@H](C)C1OC1O[C@H](C)CC(N(C)C)C1OC(C)=O. The van der Waals surface area contributed by atoms with Gasteiger partial charge in [-0.2, -0.15) is 0 Å². The number of terminal acetylenes is 1. The first-order chi connectivity index (χ1) is 22.7. The molecule has 0 aromatic carbocycles. The molecule has 3 aliphatic rings. The quantitative estimate of drug-likeness (QED) is 0.103. The van der Waals surface area contributed by atoms with E-state index in [9.17, 15) is 24.0 Å². The molecule has 276 valence electrons. The Morgan fingerprint density at radius 1 is 1.08 bits per heavy atom. The Morgan fingerprint density at radius 3 is 2.27 bits per heavy atom. The molecule has 3 fully saturated rings. The number of carbonyl (C=O) groups excluding carboxylic acids is 5. The predicted octanol–water partition coefficient (Wildman–Crippen LogP) is 2.64. The van der Waals surface area contributed by atoms with Crippen molar-refractivity contribution in [3.63, 3.8) is 0 Å².